The number of anilines is 3. The molecule has 3 rings (SSSR count). The van der Waals surface area contributed by atoms with E-state index in [-0.39, 0.29) is 0 Å². The first-order valence-electron chi connectivity index (χ1n) is 8.46. The van der Waals surface area contributed by atoms with E-state index in [9.17, 15) is 0 Å². The predicted molar refractivity (Wildman–Crippen MR) is 102 cm³/mol. The van der Waals surface area contributed by atoms with E-state index >= 15 is 0 Å². The van der Waals surface area contributed by atoms with Gasteiger partial charge in [-0.25, -0.2) is 9.97 Å². The summed E-state index contributed by atoms with van der Waals surface area (Å²) in [4.78, 5) is 13.1. The molecule has 3 aromatic rings. The van der Waals surface area contributed by atoms with Gasteiger partial charge in [0.1, 0.15) is 17.5 Å². The van der Waals surface area contributed by atoms with Crippen molar-refractivity contribution >= 4 is 17.3 Å². The Bertz CT molecular complexity index is 830. The molecule has 2 heterocycles. The van der Waals surface area contributed by atoms with Gasteiger partial charge in [-0.3, -0.25) is 4.98 Å². The van der Waals surface area contributed by atoms with E-state index in [1.807, 2.05) is 37.4 Å². The Morgan fingerprint density at radius 1 is 1.00 bits per heavy atom. The zero-order valence-corrected chi connectivity index (χ0v) is 14.8. The third kappa shape index (κ3) is 4.53. The van der Waals surface area contributed by atoms with E-state index < -0.39 is 0 Å². The molecule has 5 heteroatoms. The van der Waals surface area contributed by atoms with Crippen LogP contribution in [-0.4, -0.2) is 15.0 Å². The molecule has 0 aliphatic rings. The molecule has 2 aromatic heterocycles. The lowest BCUT2D eigenvalue weighted by Crippen LogP contribution is -2.06. The minimum Gasteiger partial charge on any atom is -0.366 e. The molecular formula is C20H23N5. The van der Waals surface area contributed by atoms with Crippen LogP contribution in [0.1, 0.15) is 36.7 Å². The molecule has 0 radical (unpaired) electrons. The molecule has 0 aliphatic carbocycles. The lowest BCUT2D eigenvalue weighted by Gasteiger charge is -2.15. The third-order valence-corrected chi connectivity index (χ3v) is 3.88. The quantitative estimate of drug-likeness (QED) is 0.687. The summed E-state index contributed by atoms with van der Waals surface area (Å²) in [7, 11) is 0. The summed E-state index contributed by atoms with van der Waals surface area (Å²) in [5.74, 6) is 2.74. The zero-order chi connectivity index (χ0) is 17.6. The maximum atomic E-state index is 4.51. The minimum atomic E-state index is 0.440. The second kappa shape index (κ2) is 7.75. The number of hydrogen-bond donors (Lipinski definition) is 2. The monoisotopic (exact) mass is 333 g/mol. The molecule has 0 unspecified atom stereocenters. The largest absolute Gasteiger partial charge is 0.366 e. The first-order valence-corrected chi connectivity index (χ1v) is 8.46. The molecule has 0 atom stereocenters. The number of aromatic nitrogens is 3. The molecule has 0 bridgehead atoms. The van der Waals surface area contributed by atoms with E-state index in [0.717, 1.165) is 28.7 Å². The van der Waals surface area contributed by atoms with E-state index in [4.69, 9.17) is 0 Å². The summed E-state index contributed by atoms with van der Waals surface area (Å²) in [5.41, 5.74) is 3.45. The highest BCUT2D eigenvalue weighted by Crippen LogP contribution is 2.26. The normalized spacial score (nSPS) is 10.7. The molecule has 0 fully saturated rings. The average Bonchev–Trinajstić information content (AvgIpc) is 2.61. The standard InChI is InChI=1S/C20H23N5/c1-14(2)17-8-4-5-9-18(17)25-20-11-19(23-15(3)24-20)22-13-16-7-6-10-21-12-16/h4-12,14H,13H2,1-3H3,(H2,22,23,24,25). The summed E-state index contributed by atoms with van der Waals surface area (Å²) < 4.78 is 0. The van der Waals surface area contributed by atoms with Crippen LogP contribution in [-0.2, 0) is 6.54 Å². The Morgan fingerprint density at radius 2 is 1.80 bits per heavy atom. The van der Waals surface area contributed by atoms with Crippen LogP contribution in [0.3, 0.4) is 0 Å². The van der Waals surface area contributed by atoms with Crippen molar-refractivity contribution in [1.82, 2.24) is 15.0 Å². The van der Waals surface area contributed by atoms with Crippen LogP contribution in [0.4, 0.5) is 17.3 Å². The van der Waals surface area contributed by atoms with Crippen molar-refractivity contribution in [3.63, 3.8) is 0 Å². The maximum absolute atomic E-state index is 4.51. The Hall–Kier alpha value is -2.95. The van der Waals surface area contributed by atoms with Crippen LogP contribution in [0.15, 0.2) is 54.9 Å². The van der Waals surface area contributed by atoms with Crippen LogP contribution in [0.2, 0.25) is 0 Å². The predicted octanol–water partition coefficient (Wildman–Crippen LogP) is 4.66. The van der Waals surface area contributed by atoms with Crippen molar-refractivity contribution < 1.29 is 0 Å². The number of nitrogens with zero attached hydrogens (tertiary/aromatic N) is 3. The summed E-state index contributed by atoms with van der Waals surface area (Å²) >= 11 is 0. The fourth-order valence-electron chi connectivity index (χ4n) is 2.67. The van der Waals surface area contributed by atoms with Gasteiger partial charge in [-0.2, -0.15) is 0 Å². The van der Waals surface area contributed by atoms with E-state index in [2.05, 4.69) is 57.6 Å². The van der Waals surface area contributed by atoms with Crippen molar-refractivity contribution in [3.05, 3.63) is 71.8 Å². The van der Waals surface area contributed by atoms with Crippen LogP contribution in [0.25, 0.3) is 0 Å². The second-order valence-electron chi connectivity index (χ2n) is 6.27. The van der Waals surface area contributed by atoms with Crippen LogP contribution >= 0.6 is 0 Å². The highest BCUT2D eigenvalue weighted by Gasteiger charge is 2.08. The smallest absolute Gasteiger partial charge is 0.136 e. The number of nitrogens with one attached hydrogen (secondary N) is 2. The first-order chi connectivity index (χ1) is 12.1. The molecule has 128 valence electrons. The number of rotatable bonds is 6. The highest BCUT2D eigenvalue weighted by atomic mass is 15.1. The molecule has 25 heavy (non-hydrogen) atoms. The summed E-state index contributed by atoms with van der Waals surface area (Å²) in [6.45, 7) is 6.94. The van der Waals surface area contributed by atoms with Crippen molar-refractivity contribution in [2.24, 2.45) is 0 Å². The Balaban J connectivity index is 1.78. The molecule has 2 N–H and O–H groups in total. The summed E-state index contributed by atoms with van der Waals surface area (Å²) in [6, 6.07) is 14.2. The molecule has 0 amide bonds. The van der Waals surface area contributed by atoms with Gasteiger partial charge in [-0.05, 0) is 36.1 Å². The van der Waals surface area contributed by atoms with Gasteiger partial charge in [0.25, 0.3) is 0 Å². The van der Waals surface area contributed by atoms with Gasteiger partial charge in [0.05, 0.1) is 0 Å². The van der Waals surface area contributed by atoms with Crippen LogP contribution in [0, 0.1) is 6.92 Å². The summed E-state index contributed by atoms with van der Waals surface area (Å²) in [5, 5.41) is 6.76. The number of hydrogen-bond acceptors (Lipinski definition) is 5. The van der Waals surface area contributed by atoms with E-state index in [1.54, 1.807) is 6.20 Å². The van der Waals surface area contributed by atoms with Gasteiger partial charge in [0.2, 0.25) is 0 Å². The number of benzene rings is 1. The average molecular weight is 333 g/mol. The first kappa shape index (κ1) is 16.9. The van der Waals surface area contributed by atoms with E-state index in [1.165, 1.54) is 5.56 Å². The molecular weight excluding hydrogens is 310 g/mol. The lowest BCUT2D eigenvalue weighted by molar-refractivity contribution is 0.868. The van der Waals surface area contributed by atoms with Crippen LogP contribution < -0.4 is 10.6 Å². The molecule has 0 saturated heterocycles. The highest BCUT2D eigenvalue weighted by molar-refractivity contribution is 5.63. The number of para-hydroxylation sites is 1. The molecule has 0 aliphatic heterocycles. The molecule has 1 aromatic carbocycles. The lowest BCUT2D eigenvalue weighted by atomic mass is 10.0. The van der Waals surface area contributed by atoms with Crippen molar-refractivity contribution in [3.8, 4) is 0 Å². The van der Waals surface area contributed by atoms with Gasteiger partial charge >= 0.3 is 0 Å². The third-order valence-electron chi connectivity index (χ3n) is 3.88. The van der Waals surface area contributed by atoms with Crippen molar-refractivity contribution in [1.29, 1.82) is 0 Å². The Morgan fingerprint density at radius 3 is 2.56 bits per heavy atom. The van der Waals surface area contributed by atoms with Gasteiger partial charge in [0.15, 0.2) is 0 Å². The van der Waals surface area contributed by atoms with E-state index in [0.29, 0.717) is 12.5 Å². The molecule has 0 spiro atoms. The topological polar surface area (TPSA) is 62.7 Å². The Labute approximate surface area is 148 Å². The minimum absolute atomic E-state index is 0.440. The summed E-state index contributed by atoms with van der Waals surface area (Å²) in [6.07, 6.45) is 3.62. The van der Waals surface area contributed by atoms with Crippen molar-refractivity contribution in [2.75, 3.05) is 10.6 Å². The number of aryl methyl sites for hydroxylation is 1. The fourth-order valence-corrected chi connectivity index (χ4v) is 2.67. The second-order valence-corrected chi connectivity index (χ2v) is 6.27. The maximum Gasteiger partial charge on any atom is 0.136 e. The fraction of sp³-hybridized carbons (Fsp3) is 0.250. The Kier molecular flexibility index (Phi) is 5.23. The number of pyridine rings is 1. The van der Waals surface area contributed by atoms with Gasteiger partial charge < -0.3 is 10.6 Å². The van der Waals surface area contributed by atoms with Gasteiger partial charge in [0, 0.05) is 30.7 Å². The SMILES string of the molecule is Cc1nc(NCc2cccnc2)cc(Nc2ccccc2C(C)C)n1. The van der Waals surface area contributed by atoms with Gasteiger partial charge in [-0.1, -0.05) is 38.1 Å². The van der Waals surface area contributed by atoms with Gasteiger partial charge in [-0.15, -0.1) is 0 Å². The zero-order valence-electron chi connectivity index (χ0n) is 14.8. The molecule has 5 nitrogen and oxygen atoms in total. The molecule has 0 saturated carbocycles. The van der Waals surface area contributed by atoms with Crippen molar-refractivity contribution in [2.45, 2.75) is 33.2 Å². The van der Waals surface area contributed by atoms with Crippen LogP contribution in [0.5, 0.6) is 0 Å².